The molecule has 6 heteroatoms. The van der Waals surface area contributed by atoms with Crippen molar-refractivity contribution in [2.24, 2.45) is 5.10 Å². The molecule has 1 saturated heterocycles. The summed E-state index contributed by atoms with van der Waals surface area (Å²) in [5, 5.41) is 7.24. The van der Waals surface area contributed by atoms with Gasteiger partial charge >= 0.3 is 6.03 Å². The number of benzene rings is 2. The van der Waals surface area contributed by atoms with Gasteiger partial charge in [-0.25, -0.2) is 9.80 Å². The van der Waals surface area contributed by atoms with E-state index in [-0.39, 0.29) is 12.5 Å². The highest BCUT2D eigenvalue weighted by Crippen LogP contribution is 2.14. The normalized spacial score (nSPS) is 14.3. The first kappa shape index (κ1) is 15.7. The highest BCUT2D eigenvalue weighted by atomic mass is 16.5. The summed E-state index contributed by atoms with van der Waals surface area (Å²) in [6.45, 7) is 2.50. The molecule has 0 radical (unpaired) electrons. The summed E-state index contributed by atoms with van der Waals surface area (Å²) >= 11 is 0. The van der Waals surface area contributed by atoms with Crippen molar-refractivity contribution in [3.05, 3.63) is 65.2 Å². The predicted octanol–water partition coefficient (Wildman–Crippen LogP) is 2.46. The molecule has 1 aliphatic heterocycles. The lowest BCUT2D eigenvalue weighted by atomic mass is 10.2. The van der Waals surface area contributed by atoms with Crippen LogP contribution in [0, 0.1) is 6.92 Å². The number of nitrogens with zero attached hydrogens (tertiary/aromatic N) is 2. The molecule has 2 aromatic rings. The maximum absolute atomic E-state index is 11.4. The molecule has 0 aromatic heterocycles. The summed E-state index contributed by atoms with van der Waals surface area (Å²) in [4.78, 5) is 22.4. The number of hydrogen-bond acceptors (Lipinski definition) is 4. The van der Waals surface area contributed by atoms with Crippen LogP contribution in [0.5, 0.6) is 5.75 Å². The molecule has 3 rings (SSSR count). The van der Waals surface area contributed by atoms with Crippen LogP contribution in [0.15, 0.2) is 53.6 Å². The highest BCUT2D eigenvalue weighted by molar-refractivity contribution is 6.02. The molecule has 0 atom stereocenters. The number of ether oxygens (including phenoxy) is 1. The molecule has 1 heterocycles. The van der Waals surface area contributed by atoms with E-state index in [1.54, 1.807) is 0 Å². The van der Waals surface area contributed by atoms with Crippen LogP contribution in [-0.2, 0) is 11.4 Å². The second-order valence-corrected chi connectivity index (χ2v) is 5.50. The van der Waals surface area contributed by atoms with Gasteiger partial charge in [0.05, 0.1) is 6.21 Å². The van der Waals surface area contributed by atoms with Crippen LogP contribution in [0.2, 0.25) is 0 Å². The molecule has 2 aromatic carbocycles. The molecule has 0 saturated carbocycles. The molecule has 0 unspecified atom stereocenters. The van der Waals surface area contributed by atoms with Gasteiger partial charge in [0.25, 0.3) is 0 Å². The third kappa shape index (κ3) is 3.98. The van der Waals surface area contributed by atoms with Gasteiger partial charge in [0.2, 0.25) is 5.91 Å². The average Bonchev–Trinajstić information content (AvgIpc) is 2.91. The van der Waals surface area contributed by atoms with Crippen molar-refractivity contribution in [2.75, 3.05) is 6.54 Å². The zero-order chi connectivity index (χ0) is 16.9. The van der Waals surface area contributed by atoms with Crippen molar-refractivity contribution in [1.29, 1.82) is 0 Å². The van der Waals surface area contributed by atoms with Gasteiger partial charge in [-0.05, 0) is 42.3 Å². The molecule has 3 amide bonds. The molecule has 122 valence electrons. The molecule has 1 fully saturated rings. The molecule has 6 nitrogen and oxygen atoms in total. The van der Waals surface area contributed by atoms with Crippen LogP contribution < -0.4 is 10.1 Å². The topological polar surface area (TPSA) is 71.0 Å². The van der Waals surface area contributed by atoms with E-state index in [0.717, 1.165) is 21.9 Å². The second-order valence-electron chi connectivity index (χ2n) is 5.50. The first-order valence-corrected chi connectivity index (χ1v) is 7.54. The van der Waals surface area contributed by atoms with Gasteiger partial charge in [0, 0.05) is 0 Å². The van der Waals surface area contributed by atoms with E-state index in [0.29, 0.717) is 6.61 Å². The lowest BCUT2D eigenvalue weighted by molar-refractivity contribution is -0.118. The number of urea groups is 1. The monoisotopic (exact) mass is 323 g/mol. The van der Waals surface area contributed by atoms with Crippen LogP contribution in [-0.4, -0.2) is 29.7 Å². The Hall–Kier alpha value is -3.15. The summed E-state index contributed by atoms with van der Waals surface area (Å²) in [5.41, 5.74) is 3.14. The lowest BCUT2D eigenvalue weighted by Crippen LogP contribution is -2.24. The van der Waals surface area contributed by atoms with E-state index in [4.69, 9.17) is 4.74 Å². The summed E-state index contributed by atoms with van der Waals surface area (Å²) in [5.74, 6) is 0.402. The van der Waals surface area contributed by atoms with Crippen molar-refractivity contribution in [2.45, 2.75) is 13.5 Å². The van der Waals surface area contributed by atoms with E-state index in [1.807, 2.05) is 43.3 Å². The van der Waals surface area contributed by atoms with Gasteiger partial charge < -0.3 is 4.74 Å². The number of nitrogens with one attached hydrogen (secondary N) is 1. The van der Waals surface area contributed by atoms with Crippen LogP contribution in [0.1, 0.15) is 16.7 Å². The van der Waals surface area contributed by atoms with Crippen LogP contribution in [0.3, 0.4) is 0 Å². The van der Waals surface area contributed by atoms with Crippen molar-refractivity contribution >= 4 is 18.2 Å². The number of hydrogen-bond donors (Lipinski definition) is 1. The molecular weight excluding hydrogens is 306 g/mol. The van der Waals surface area contributed by atoms with E-state index < -0.39 is 6.03 Å². The fourth-order valence-electron chi connectivity index (χ4n) is 2.16. The number of hydrazone groups is 1. The lowest BCUT2D eigenvalue weighted by Gasteiger charge is -2.07. The summed E-state index contributed by atoms with van der Waals surface area (Å²) in [7, 11) is 0. The molecule has 1 N–H and O–H groups in total. The van der Waals surface area contributed by atoms with Crippen LogP contribution >= 0.6 is 0 Å². The standard InChI is InChI=1S/C18H17N3O3/c1-13-2-4-15(5-3-13)12-24-16-8-6-14(7-9-16)10-19-21-11-17(22)20-18(21)23/h2-10H,11-12H2,1H3,(H,20,22,23)/b19-10+. The third-order valence-electron chi connectivity index (χ3n) is 3.53. The SMILES string of the molecule is Cc1ccc(COc2ccc(/C=N/N3CC(=O)NC3=O)cc2)cc1. The van der Waals surface area contributed by atoms with Crippen molar-refractivity contribution < 1.29 is 14.3 Å². The zero-order valence-corrected chi connectivity index (χ0v) is 13.2. The van der Waals surface area contributed by atoms with Crippen molar-refractivity contribution in [3.63, 3.8) is 0 Å². The number of carbonyl (C=O) groups is 2. The van der Waals surface area contributed by atoms with Crippen LogP contribution in [0.4, 0.5) is 4.79 Å². The molecule has 0 aliphatic carbocycles. The quantitative estimate of drug-likeness (QED) is 0.679. The Morgan fingerprint density at radius 1 is 1.12 bits per heavy atom. The predicted molar refractivity (Wildman–Crippen MR) is 89.8 cm³/mol. The summed E-state index contributed by atoms with van der Waals surface area (Å²) in [6.07, 6.45) is 1.53. The first-order chi connectivity index (χ1) is 11.6. The fraction of sp³-hybridized carbons (Fsp3) is 0.167. The molecule has 0 spiro atoms. The van der Waals surface area contributed by atoms with E-state index in [2.05, 4.69) is 22.6 Å². The maximum atomic E-state index is 11.4. The number of rotatable bonds is 5. The van der Waals surface area contributed by atoms with Gasteiger partial charge in [-0.2, -0.15) is 5.10 Å². The Labute approximate surface area is 139 Å². The summed E-state index contributed by atoms with van der Waals surface area (Å²) < 4.78 is 5.73. The van der Waals surface area contributed by atoms with Gasteiger partial charge in [-0.15, -0.1) is 0 Å². The Bertz CT molecular complexity index is 767. The highest BCUT2D eigenvalue weighted by Gasteiger charge is 2.25. The Balaban J connectivity index is 1.56. The molecule has 24 heavy (non-hydrogen) atoms. The largest absolute Gasteiger partial charge is 0.489 e. The van der Waals surface area contributed by atoms with E-state index >= 15 is 0 Å². The Morgan fingerprint density at radius 3 is 2.46 bits per heavy atom. The minimum Gasteiger partial charge on any atom is -0.489 e. The van der Waals surface area contributed by atoms with Crippen LogP contribution in [0.25, 0.3) is 0 Å². The molecule has 1 aliphatic rings. The molecule has 0 bridgehead atoms. The Morgan fingerprint density at radius 2 is 1.83 bits per heavy atom. The van der Waals surface area contributed by atoms with E-state index in [9.17, 15) is 9.59 Å². The van der Waals surface area contributed by atoms with Gasteiger partial charge in [-0.1, -0.05) is 29.8 Å². The van der Waals surface area contributed by atoms with Gasteiger partial charge in [-0.3, -0.25) is 10.1 Å². The smallest absolute Gasteiger partial charge is 0.344 e. The zero-order valence-electron chi connectivity index (χ0n) is 13.2. The number of carbonyl (C=O) groups excluding carboxylic acids is 2. The first-order valence-electron chi connectivity index (χ1n) is 7.54. The number of imide groups is 1. The van der Waals surface area contributed by atoms with Crippen molar-refractivity contribution in [3.8, 4) is 5.75 Å². The fourth-order valence-corrected chi connectivity index (χ4v) is 2.16. The average molecular weight is 323 g/mol. The maximum Gasteiger partial charge on any atom is 0.344 e. The minimum atomic E-state index is -0.505. The Kier molecular flexibility index (Phi) is 4.56. The summed E-state index contributed by atoms with van der Waals surface area (Å²) in [6, 6.07) is 15.0. The number of amides is 3. The van der Waals surface area contributed by atoms with Crippen molar-refractivity contribution in [1.82, 2.24) is 10.3 Å². The minimum absolute atomic E-state index is 0.0485. The number of aryl methyl sites for hydroxylation is 1. The van der Waals surface area contributed by atoms with E-state index in [1.165, 1.54) is 11.8 Å². The molecular formula is C18H17N3O3. The third-order valence-corrected chi connectivity index (χ3v) is 3.53. The van der Waals surface area contributed by atoms with Gasteiger partial charge in [0.1, 0.15) is 18.9 Å². The second kappa shape index (κ2) is 6.95. The van der Waals surface area contributed by atoms with Gasteiger partial charge in [0.15, 0.2) is 0 Å².